The lowest BCUT2D eigenvalue weighted by Crippen LogP contribution is -2.43. The lowest BCUT2D eigenvalue weighted by atomic mass is 10.2. The molecule has 2 aromatic rings. The summed E-state index contributed by atoms with van der Waals surface area (Å²) >= 11 is 0. The van der Waals surface area contributed by atoms with Crippen molar-refractivity contribution in [2.75, 3.05) is 31.1 Å². The topological polar surface area (TPSA) is 54.2 Å². The van der Waals surface area contributed by atoms with Crippen molar-refractivity contribution in [3.63, 3.8) is 0 Å². The highest BCUT2D eigenvalue weighted by Gasteiger charge is 2.17. The van der Waals surface area contributed by atoms with Crippen molar-refractivity contribution in [1.29, 1.82) is 0 Å². The zero-order valence-electron chi connectivity index (χ0n) is 10.3. The van der Waals surface area contributed by atoms with Crippen molar-refractivity contribution in [3.8, 4) is 11.5 Å². The number of hydrogen-bond donors (Lipinski definition) is 1. The zero-order chi connectivity index (χ0) is 11.5. The number of halogens is 2. The zero-order valence-corrected chi connectivity index (χ0v) is 11.9. The van der Waals surface area contributed by atoms with E-state index in [1.165, 1.54) is 0 Å². The molecule has 1 aliphatic rings. The van der Waals surface area contributed by atoms with E-state index >= 15 is 0 Å². The van der Waals surface area contributed by atoms with E-state index in [-0.39, 0.29) is 24.8 Å². The van der Waals surface area contributed by atoms with E-state index in [0.29, 0.717) is 11.9 Å². The molecular formula is C12H16Cl2N4O. The minimum Gasteiger partial charge on any atom is -0.403 e. The van der Waals surface area contributed by atoms with Gasteiger partial charge >= 0.3 is 6.01 Å². The number of benzene rings is 1. The minimum absolute atomic E-state index is 0. The van der Waals surface area contributed by atoms with Gasteiger partial charge in [-0.2, -0.15) is 0 Å². The lowest BCUT2D eigenvalue weighted by Gasteiger charge is -2.24. The molecule has 19 heavy (non-hydrogen) atoms. The van der Waals surface area contributed by atoms with Gasteiger partial charge in [-0.05, 0) is 12.1 Å². The van der Waals surface area contributed by atoms with E-state index in [9.17, 15) is 0 Å². The normalized spacial score (nSPS) is 14.4. The van der Waals surface area contributed by atoms with Crippen LogP contribution in [-0.4, -0.2) is 36.4 Å². The molecule has 2 heterocycles. The van der Waals surface area contributed by atoms with Gasteiger partial charge in [-0.3, -0.25) is 0 Å². The first-order chi connectivity index (χ1) is 8.43. The first-order valence-corrected chi connectivity index (χ1v) is 5.78. The standard InChI is InChI=1S/C12H14N4O.2ClH/c1-2-4-10(5-3-1)11-14-15-12(17-11)16-8-6-13-7-9-16;;/h1-5,13H,6-9H2;2*1H. The van der Waals surface area contributed by atoms with Crippen LogP contribution in [0, 0.1) is 0 Å². The number of aromatic nitrogens is 2. The van der Waals surface area contributed by atoms with Gasteiger partial charge < -0.3 is 14.6 Å². The van der Waals surface area contributed by atoms with Gasteiger partial charge in [0.05, 0.1) is 0 Å². The summed E-state index contributed by atoms with van der Waals surface area (Å²) in [4.78, 5) is 2.11. The lowest BCUT2D eigenvalue weighted by molar-refractivity contribution is 0.505. The minimum atomic E-state index is 0. The maximum absolute atomic E-state index is 5.69. The van der Waals surface area contributed by atoms with Gasteiger partial charge in [-0.25, -0.2) is 0 Å². The van der Waals surface area contributed by atoms with Crippen molar-refractivity contribution in [3.05, 3.63) is 30.3 Å². The maximum atomic E-state index is 5.69. The molecule has 1 N–H and O–H groups in total. The van der Waals surface area contributed by atoms with Crippen LogP contribution in [0.3, 0.4) is 0 Å². The monoisotopic (exact) mass is 302 g/mol. The van der Waals surface area contributed by atoms with E-state index in [4.69, 9.17) is 4.42 Å². The number of nitrogens with zero attached hydrogens (tertiary/aromatic N) is 3. The Morgan fingerprint density at radius 3 is 2.37 bits per heavy atom. The summed E-state index contributed by atoms with van der Waals surface area (Å²) in [6, 6.07) is 10.4. The Labute approximate surface area is 124 Å². The quantitative estimate of drug-likeness (QED) is 0.919. The summed E-state index contributed by atoms with van der Waals surface area (Å²) in [6.45, 7) is 3.75. The van der Waals surface area contributed by atoms with Crippen LogP contribution in [0.4, 0.5) is 6.01 Å². The third-order valence-electron chi connectivity index (χ3n) is 2.82. The van der Waals surface area contributed by atoms with Gasteiger partial charge in [0.25, 0.3) is 0 Å². The molecule has 1 aromatic heterocycles. The maximum Gasteiger partial charge on any atom is 0.318 e. The SMILES string of the molecule is Cl.Cl.c1ccc(-c2nnc(N3CCNCC3)o2)cc1. The molecule has 0 amide bonds. The molecule has 0 unspecified atom stereocenters. The molecule has 0 aliphatic carbocycles. The van der Waals surface area contributed by atoms with E-state index in [1.54, 1.807) is 0 Å². The Kier molecular flexibility index (Phi) is 6.08. The number of nitrogens with one attached hydrogen (secondary N) is 1. The molecule has 104 valence electrons. The van der Waals surface area contributed by atoms with Gasteiger partial charge in [0.2, 0.25) is 5.89 Å². The fourth-order valence-corrected chi connectivity index (χ4v) is 1.90. The van der Waals surface area contributed by atoms with Crippen LogP contribution >= 0.6 is 24.8 Å². The highest BCUT2D eigenvalue weighted by atomic mass is 35.5. The summed E-state index contributed by atoms with van der Waals surface area (Å²) in [5.41, 5.74) is 0.960. The number of anilines is 1. The summed E-state index contributed by atoms with van der Waals surface area (Å²) in [6.07, 6.45) is 0. The van der Waals surface area contributed by atoms with Gasteiger partial charge in [-0.15, -0.1) is 29.9 Å². The molecule has 1 aliphatic heterocycles. The molecule has 0 spiro atoms. The smallest absolute Gasteiger partial charge is 0.318 e. The van der Waals surface area contributed by atoms with E-state index in [2.05, 4.69) is 20.4 Å². The number of rotatable bonds is 2. The number of hydrogen-bond acceptors (Lipinski definition) is 5. The van der Waals surface area contributed by atoms with E-state index in [1.807, 2.05) is 30.3 Å². The van der Waals surface area contributed by atoms with Crippen molar-refractivity contribution in [1.82, 2.24) is 15.5 Å². The largest absolute Gasteiger partial charge is 0.403 e. The summed E-state index contributed by atoms with van der Waals surface area (Å²) in [5, 5.41) is 11.5. The Morgan fingerprint density at radius 2 is 1.68 bits per heavy atom. The molecule has 0 saturated carbocycles. The second kappa shape index (κ2) is 7.33. The van der Waals surface area contributed by atoms with Crippen molar-refractivity contribution < 1.29 is 4.42 Å². The van der Waals surface area contributed by atoms with E-state index < -0.39 is 0 Å². The van der Waals surface area contributed by atoms with Crippen LogP contribution in [0.5, 0.6) is 0 Å². The predicted molar refractivity (Wildman–Crippen MR) is 79.3 cm³/mol. The second-order valence-corrected chi connectivity index (χ2v) is 3.99. The Morgan fingerprint density at radius 1 is 1.00 bits per heavy atom. The molecule has 0 bridgehead atoms. The third kappa shape index (κ3) is 3.59. The molecule has 5 nitrogen and oxygen atoms in total. The summed E-state index contributed by atoms with van der Waals surface area (Å²) in [7, 11) is 0. The molecule has 3 rings (SSSR count). The summed E-state index contributed by atoms with van der Waals surface area (Å²) < 4.78 is 5.69. The molecule has 7 heteroatoms. The Balaban J connectivity index is 0.000000902. The van der Waals surface area contributed by atoms with Crippen molar-refractivity contribution >= 4 is 30.8 Å². The van der Waals surface area contributed by atoms with Gasteiger partial charge in [0, 0.05) is 31.7 Å². The van der Waals surface area contributed by atoms with Gasteiger partial charge in [-0.1, -0.05) is 23.3 Å². The van der Waals surface area contributed by atoms with Crippen molar-refractivity contribution in [2.24, 2.45) is 0 Å². The van der Waals surface area contributed by atoms with Crippen LogP contribution in [0.2, 0.25) is 0 Å². The van der Waals surface area contributed by atoms with E-state index in [0.717, 1.165) is 31.7 Å². The molecule has 1 aromatic carbocycles. The molecule has 1 saturated heterocycles. The average molecular weight is 303 g/mol. The average Bonchev–Trinajstić information content (AvgIpc) is 2.90. The summed E-state index contributed by atoms with van der Waals surface area (Å²) in [5.74, 6) is 0.583. The van der Waals surface area contributed by atoms with Crippen LogP contribution in [0.1, 0.15) is 0 Å². The molecule has 0 atom stereocenters. The predicted octanol–water partition coefficient (Wildman–Crippen LogP) is 1.99. The molecule has 1 fully saturated rings. The molecule has 0 radical (unpaired) electrons. The van der Waals surface area contributed by atoms with Crippen molar-refractivity contribution in [2.45, 2.75) is 0 Å². The van der Waals surface area contributed by atoms with Crippen LogP contribution in [-0.2, 0) is 0 Å². The third-order valence-corrected chi connectivity index (χ3v) is 2.82. The fraction of sp³-hybridized carbons (Fsp3) is 0.333. The highest BCUT2D eigenvalue weighted by Crippen LogP contribution is 2.21. The van der Waals surface area contributed by atoms with Crippen LogP contribution in [0.15, 0.2) is 34.7 Å². The number of piperazine rings is 1. The first kappa shape index (κ1) is 15.8. The van der Waals surface area contributed by atoms with Crippen LogP contribution < -0.4 is 10.2 Å². The second-order valence-electron chi connectivity index (χ2n) is 3.99. The molecular weight excluding hydrogens is 287 g/mol. The first-order valence-electron chi connectivity index (χ1n) is 5.78. The Hall–Kier alpha value is -1.30. The fourth-order valence-electron chi connectivity index (χ4n) is 1.90. The van der Waals surface area contributed by atoms with Gasteiger partial charge in [0.1, 0.15) is 0 Å². The Bertz CT molecular complexity index is 485. The highest BCUT2D eigenvalue weighted by molar-refractivity contribution is 5.85. The van der Waals surface area contributed by atoms with Crippen LogP contribution in [0.25, 0.3) is 11.5 Å². The van der Waals surface area contributed by atoms with Gasteiger partial charge in [0.15, 0.2) is 0 Å².